The molecule has 2 amide bonds. The third-order valence-electron chi connectivity index (χ3n) is 5.11. The molecule has 1 heterocycles. The molecular formula is C24H24N2O6S. The van der Waals surface area contributed by atoms with E-state index in [0.717, 1.165) is 0 Å². The van der Waals surface area contributed by atoms with Crippen LogP contribution in [0, 0.1) is 0 Å². The zero-order valence-electron chi connectivity index (χ0n) is 18.5. The third-order valence-corrected chi connectivity index (χ3v) is 5.55. The number of aromatic carboxylic acids is 1. The van der Waals surface area contributed by atoms with Crippen LogP contribution in [0.4, 0.5) is 0 Å². The van der Waals surface area contributed by atoms with E-state index in [2.05, 4.69) is 0 Å². The highest BCUT2D eigenvalue weighted by molar-refractivity contribution is 7.80. The molecule has 3 rings (SSSR count). The van der Waals surface area contributed by atoms with E-state index in [0.29, 0.717) is 35.7 Å². The molecule has 172 valence electrons. The SMILES string of the molecule is CCN1C(=O)C(=Cc2ccc(OCc3cccc(C(=O)O)c3)c(OC)c2)C(=O)N(CC)C1=S. The number of benzene rings is 2. The fourth-order valence-electron chi connectivity index (χ4n) is 3.40. The highest BCUT2D eigenvalue weighted by Crippen LogP contribution is 2.30. The number of nitrogens with zero attached hydrogens (tertiary/aromatic N) is 2. The number of likely N-dealkylation sites (N-methyl/N-ethyl adjacent to an activating group) is 2. The second-order valence-corrected chi connectivity index (χ2v) is 7.51. The number of amides is 2. The van der Waals surface area contributed by atoms with E-state index >= 15 is 0 Å². The molecule has 33 heavy (non-hydrogen) atoms. The number of hydrogen-bond donors (Lipinski definition) is 1. The Balaban J connectivity index is 1.85. The molecule has 1 saturated heterocycles. The van der Waals surface area contributed by atoms with Gasteiger partial charge in [-0.05, 0) is 67.5 Å². The summed E-state index contributed by atoms with van der Waals surface area (Å²) < 4.78 is 11.2. The third kappa shape index (κ3) is 5.04. The van der Waals surface area contributed by atoms with Crippen LogP contribution in [0.15, 0.2) is 48.0 Å². The van der Waals surface area contributed by atoms with Gasteiger partial charge >= 0.3 is 5.97 Å². The summed E-state index contributed by atoms with van der Waals surface area (Å²) in [5.41, 5.74) is 1.47. The average molecular weight is 469 g/mol. The van der Waals surface area contributed by atoms with Crippen molar-refractivity contribution in [3.8, 4) is 11.5 Å². The van der Waals surface area contributed by atoms with Crippen molar-refractivity contribution in [2.75, 3.05) is 20.2 Å². The number of carboxylic acids is 1. The maximum absolute atomic E-state index is 12.8. The van der Waals surface area contributed by atoms with Gasteiger partial charge in [0.15, 0.2) is 16.6 Å². The normalized spacial score (nSPS) is 13.9. The number of carbonyl (C=O) groups is 3. The summed E-state index contributed by atoms with van der Waals surface area (Å²) in [5.74, 6) is -1.04. The van der Waals surface area contributed by atoms with Crippen LogP contribution in [0.1, 0.15) is 35.3 Å². The minimum absolute atomic E-state index is 0.0218. The molecule has 0 spiro atoms. The zero-order valence-corrected chi connectivity index (χ0v) is 19.3. The van der Waals surface area contributed by atoms with E-state index in [4.69, 9.17) is 26.8 Å². The van der Waals surface area contributed by atoms with Gasteiger partial charge in [0, 0.05) is 13.1 Å². The molecule has 1 aliphatic heterocycles. The first kappa shape index (κ1) is 23.9. The van der Waals surface area contributed by atoms with Gasteiger partial charge in [0.1, 0.15) is 12.2 Å². The van der Waals surface area contributed by atoms with E-state index in [9.17, 15) is 14.4 Å². The minimum Gasteiger partial charge on any atom is -0.493 e. The number of ether oxygens (including phenoxy) is 2. The predicted octanol–water partition coefficient (Wildman–Crippen LogP) is 3.35. The summed E-state index contributed by atoms with van der Waals surface area (Å²) in [7, 11) is 1.48. The van der Waals surface area contributed by atoms with Gasteiger partial charge in [-0.1, -0.05) is 18.2 Å². The van der Waals surface area contributed by atoms with Crippen molar-refractivity contribution in [3.63, 3.8) is 0 Å². The van der Waals surface area contributed by atoms with Crippen molar-refractivity contribution >= 4 is 41.2 Å². The van der Waals surface area contributed by atoms with Gasteiger partial charge in [-0.15, -0.1) is 0 Å². The van der Waals surface area contributed by atoms with Gasteiger partial charge in [0.2, 0.25) is 0 Å². The maximum Gasteiger partial charge on any atom is 0.335 e. The maximum atomic E-state index is 12.8. The average Bonchev–Trinajstić information content (AvgIpc) is 2.81. The van der Waals surface area contributed by atoms with Crippen molar-refractivity contribution in [1.82, 2.24) is 9.80 Å². The van der Waals surface area contributed by atoms with E-state index in [1.807, 2.05) is 0 Å². The molecular weight excluding hydrogens is 444 g/mol. The minimum atomic E-state index is -1.01. The van der Waals surface area contributed by atoms with Crippen LogP contribution in [0.3, 0.4) is 0 Å². The summed E-state index contributed by atoms with van der Waals surface area (Å²) in [6.45, 7) is 4.46. The number of carboxylic acid groups (broad SMARTS) is 1. The first-order valence-electron chi connectivity index (χ1n) is 10.3. The van der Waals surface area contributed by atoms with Crippen molar-refractivity contribution in [3.05, 3.63) is 64.7 Å². The molecule has 0 radical (unpaired) electrons. The Labute approximate surface area is 197 Å². The highest BCUT2D eigenvalue weighted by atomic mass is 32.1. The zero-order chi connectivity index (χ0) is 24.1. The number of thiocarbonyl (C=S) groups is 1. The summed E-state index contributed by atoms with van der Waals surface area (Å²) >= 11 is 5.28. The van der Waals surface area contributed by atoms with Crippen LogP contribution in [-0.2, 0) is 16.2 Å². The molecule has 0 bridgehead atoms. The van der Waals surface area contributed by atoms with Crippen molar-refractivity contribution < 1.29 is 29.0 Å². The van der Waals surface area contributed by atoms with Gasteiger partial charge in [0.25, 0.3) is 11.8 Å². The Hall–Kier alpha value is -3.72. The molecule has 0 atom stereocenters. The van der Waals surface area contributed by atoms with Gasteiger partial charge in [0.05, 0.1) is 12.7 Å². The largest absolute Gasteiger partial charge is 0.493 e. The topological polar surface area (TPSA) is 96.4 Å². The summed E-state index contributed by atoms with van der Waals surface area (Å²) in [6.07, 6.45) is 1.51. The van der Waals surface area contributed by atoms with Gasteiger partial charge in [-0.25, -0.2) is 4.79 Å². The summed E-state index contributed by atoms with van der Waals surface area (Å²) in [5, 5.41) is 9.34. The van der Waals surface area contributed by atoms with Crippen LogP contribution in [0.25, 0.3) is 6.08 Å². The van der Waals surface area contributed by atoms with Crippen LogP contribution in [0.2, 0.25) is 0 Å². The second-order valence-electron chi connectivity index (χ2n) is 7.14. The molecule has 0 unspecified atom stereocenters. The quantitative estimate of drug-likeness (QED) is 0.361. The van der Waals surface area contributed by atoms with Gasteiger partial charge < -0.3 is 14.6 Å². The Bertz CT molecular complexity index is 1120. The van der Waals surface area contributed by atoms with E-state index in [-0.39, 0.29) is 22.9 Å². The van der Waals surface area contributed by atoms with Crippen molar-refractivity contribution in [2.24, 2.45) is 0 Å². The van der Waals surface area contributed by atoms with Crippen molar-refractivity contribution in [2.45, 2.75) is 20.5 Å². The summed E-state index contributed by atoms with van der Waals surface area (Å²) in [4.78, 5) is 39.6. The fraction of sp³-hybridized carbons (Fsp3) is 0.250. The Morgan fingerprint density at radius 1 is 1.03 bits per heavy atom. The molecule has 9 heteroatoms. The molecule has 1 N–H and O–H groups in total. The standard InChI is InChI=1S/C24H24N2O6S/c1-4-25-21(27)18(22(28)26(5-2)24(25)33)12-15-9-10-19(20(13-15)31-3)32-14-16-7-6-8-17(11-16)23(29)30/h6-13H,4-5,14H2,1-3H3,(H,29,30). The number of rotatable bonds is 8. The molecule has 2 aromatic carbocycles. The van der Waals surface area contributed by atoms with Crippen LogP contribution in [0.5, 0.6) is 11.5 Å². The number of hydrogen-bond acceptors (Lipinski definition) is 6. The lowest BCUT2D eigenvalue weighted by Gasteiger charge is -2.35. The molecule has 0 aliphatic carbocycles. The van der Waals surface area contributed by atoms with Crippen LogP contribution < -0.4 is 9.47 Å². The number of carbonyl (C=O) groups excluding carboxylic acids is 2. The number of methoxy groups -OCH3 is 1. The van der Waals surface area contributed by atoms with Crippen LogP contribution in [-0.4, -0.2) is 58.0 Å². The molecule has 1 aliphatic rings. The van der Waals surface area contributed by atoms with Crippen LogP contribution >= 0.6 is 12.2 Å². The molecule has 1 fully saturated rings. The monoisotopic (exact) mass is 468 g/mol. The van der Waals surface area contributed by atoms with Crippen molar-refractivity contribution in [1.29, 1.82) is 0 Å². The molecule has 8 nitrogen and oxygen atoms in total. The Morgan fingerprint density at radius 3 is 2.27 bits per heavy atom. The summed E-state index contributed by atoms with van der Waals surface area (Å²) in [6, 6.07) is 11.5. The smallest absolute Gasteiger partial charge is 0.335 e. The fourth-order valence-corrected chi connectivity index (χ4v) is 3.82. The van der Waals surface area contributed by atoms with E-state index < -0.39 is 17.8 Å². The lowest BCUT2D eigenvalue weighted by Crippen LogP contribution is -2.55. The predicted molar refractivity (Wildman–Crippen MR) is 126 cm³/mol. The first-order chi connectivity index (χ1) is 15.8. The second kappa shape index (κ2) is 10.3. The molecule has 0 saturated carbocycles. The molecule has 0 aromatic heterocycles. The van der Waals surface area contributed by atoms with Gasteiger partial charge in [-0.3, -0.25) is 19.4 Å². The first-order valence-corrected chi connectivity index (χ1v) is 10.7. The Morgan fingerprint density at radius 2 is 1.70 bits per heavy atom. The Kier molecular flexibility index (Phi) is 7.44. The lowest BCUT2D eigenvalue weighted by molar-refractivity contribution is -0.133. The highest BCUT2D eigenvalue weighted by Gasteiger charge is 2.37. The van der Waals surface area contributed by atoms with E-state index in [1.54, 1.807) is 44.2 Å². The molecule has 2 aromatic rings. The van der Waals surface area contributed by atoms with E-state index in [1.165, 1.54) is 35.1 Å². The van der Waals surface area contributed by atoms with Gasteiger partial charge in [-0.2, -0.15) is 0 Å². The lowest BCUT2D eigenvalue weighted by atomic mass is 10.1.